The molecule has 178 valence electrons. The molecule has 0 radical (unpaired) electrons. The molecule has 2 aliphatic rings. The van der Waals surface area contributed by atoms with Crippen LogP contribution in [0.15, 0.2) is 36.4 Å². The Labute approximate surface area is 208 Å². The SMILES string of the molecule is CC1(C)CCC(=O)Nc2cc(CCCCCN3CCN(c4cccc(Cl)c4Cl)CC3)ccc21. The molecule has 0 spiro atoms. The molecule has 1 amide bonds. The van der Waals surface area contributed by atoms with Crippen molar-refractivity contribution in [3.8, 4) is 0 Å². The van der Waals surface area contributed by atoms with Crippen molar-refractivity contribution in [1.82, 2.24) is 4.90 Å². The van der Waals surface area contributed by atoms with Crippen molar-refractivity contribution in [3.63, 3.8) is 0 Å². The molecule has 4 rings (SSSR count). The van der Waals surface area contributed by atoms with Gasteiger partial charge >= 0.3 is 0 Å². The third-order valence-corrected chi connectivity index (χ3v) is 7.96. The predicted octanol–water partition coefficient (Wildman–Crippen LogP) is 6.54. The highest BCUT2D eigenvalue weighted by molar-refractivity contribution is 6.43. The first-order valence-electron chi connectivity index (χ1n) is 12.2. The van der Waals surface area contributed by atoms with Gasteiger partial charge in [0.2, 0.25) is 5.91 Å². The molecule has 0 saturated carbocycles. The Morgan fingerprint density at radius 2 is 1.79 bits per heavy atom. The van der Waals surface area contributed by atoms with Gasteiger partial charge in [0, 0.05) is 38.3 Å². The van der Waals surface area contributed by atoms with Crippen molar-refractivity contribution in [3.05, 3.63) is 57.6 Å². The van der Waals surface area contributed by atoms with Crippen molar-refractivity contribution in [2.75, 3.05) is 42.9 Å². The number of piperazine rings is 1. The molecule has 2 aromatic carbocycles. The summed E-state index contributed by atoms with van der Waals surface area (Å²) < 4.78 is 0. The molecular weight excluding hydrogens is 453 g/mol. The minimum absolute atomic E-state index is 0.0369. The average molecular weight is 489 g/mol. The summed E-state index contributed by atoms with van der Waals surface area (Å²) >= 11 is 12.6. The van der Waals surface area contributed by atoms with Gasteiger partial charge in [-0.05, 0) is 67.0 Å². The molecular formula is C27H35Cl2N3O. The van der Waals surface area contributed by atoms with Gasteiger partial charge in [0.25, 0.3) is 0 Å². The Hall–Kier alpha value is -1.75. The third kappa shape index (κ3) is 6.03. The van der Waals surface area contributed by atoms with Crippen molar-refractivity contribution < 1.29 is 4.79 Å². The van der Waals surface area contributed by atoms with Gasteiger partial charge in [0.15, 0.2) is 0 Å². The Kier molecular flexibility index (Phi) is 7.88. The second-order valence-electron chi connectivity index (χ2n) is 10.0. The molecule has 4 nitrogen and oxygen atoms in total. The Morgan fingerprint density at radius 1 is 1.00 bits per heavy atom. The molecule has 1 N–H and O–H groups in total. The number of fused-ring (bicyclic) bond motifs is 1. The summed E-state index contributed by atoms with van der Waals surface area (Å²) in [6.45, 7) is 9.69. The van der Waals surface area contributed by atoms with E-state index >= 15 is 0 Å². The molecule has 0 unspecified atom stereocenters. The second-order valence-corrected chi connectivity index (χ2v) is 10.8. The minimum atomic E-state index is 0.0369. The zero-order chi connectivity index (χ0) is 23.4. The topological polar surface area (TPSA) is 35.6 Å². The lowest BCUT2D eigenvalue weighted by Gasteiger charge is -2.36. The van der Waals surface area contributed by atoms with Crippen molar-refractivity contribution in [2.45, 2.75) is 57.8 Å². The maximum absolute atomic E-state index is 12.1. The summed E-state index contributed by atoms with van der Waals surface area (Å²) in [7, 11) is 0. The van der Waals surface area contributed by atoms with Crippen LogP contribution in [0.3, 0.4) is 0 Å². The van der Waals surface area contributed by atoms with Crippen molar-refractivity contribution in [2.24, 2.45) is 0 Å². The van der Waals surface area contributed by atoms with Crippen LogP contribution in [-0.4, -0.2) is 43.5 Å². The van der Waals surface area contributed by atoms with Gasteiger partial charge in [0.05, 0.1) is 15.7 Å². The number of carbonyl (C=O) groups is 1. The second kappa shape index (κ2) is 10.7. The monoisotopic (exact) mass is 487 g/mol. The van der Waals surface area contributed by atoms with Gasteiger partial charge in [-0.3, -0.25) is 9.69 Å². The first-order valence-corrected chi connectivity index (χ1v) is 12.9. The molecule has 0 atom stereocenters. The predicted molar refractivity (Wildman–Crippen MR) is 140 cm³/mol. The molecule has 0 aliphatic carbocycles. The Balaban J connectivity index is 1.19. The smallest absolute Gasteiger partial charge is 0.224 e. The summed E-state index contributed by atoms with van der Waals surface area (Å²) in [6, 6.07) is 12.5. The highest BCUT2D eigenvalue weighted by Gasteiger charge is 2.28. The summed E-state index contributed by atoms with van der Waals surface area (Å²) in [5.74, 6) is 0.136. The highest BCUT2D eigenvalue weighted by atomic mass is 35.5. The van der Waals surface area contributed by atoms with E-state index in [0.29, 0.717) is 16.5 Å². The van der Waals surface area contributed by atoms with Crippen LogP contribution in [0.2, 0.25) is 10.0 Å². The third-order valence-electron chi connectivity index (χ3n) is 7.15. The summed E-state index contributed by atoms with van der Waals surface area (Å²) in [6.07, 6.45) is 6.16. The van der Waals surface area contributed by atoms with E-state index in [0.717, 1.165) is 56.9 Å². The number of halogens is 2. The van der Waals surface area contributed by atoms with E-state index in [2.05, 4.69) is 53.2 Å². The summed E-state index contributed by atoms with van der Waals surface area (Å²) in [5.41, 5.74) is 4.67. The largest absolute Gasteiger partial charge is 0.368 e. The number of nitrogens with zero attached hydrogens (tertiary/aromatic N) is 2. The van der Waals surface area contributed by atoms with Crippen LogP contribution in [0.25, 0.3) is 0 Å². The molecule has 33 heavy (non-hydrogen) atoms. The number of carbonyl (C=O) groups excluding carboxylic acids is 1. The standard InChI is InChI=1S/C27H35Cl2N3O/c1-27(2)13-12-25(33)30-23-19-20(10-11-21(23)27)7-4-3-5-14-31-15-17-32(18-16-31)24-9-6-8-22(28)26(24)29/h6,8-11,19H,3-5,7,12-18H2,1-2H3,(H,30,33). The van der Waals surface area contributed by atoms with E-state index in [1.54, 1.807) is 0 Å². The fourth-order valence-corrected chi connectivity index (χ4v) is 5.42. The van der Waals surface area contributed by atoms with Crippen LogP contribution < -0.4 is 10.2 Å². The van der Waals surface area contributed by atoms with Gasteiger partial charge < -0.3 is 10.2 Å². The number of nitrogens with one attached hydrogen (secondary N) is 1. The maximum atomic E-state index is 12.1. The lowest BCUT2D eigenvalue weighted by atomic mass is 9.80. The normalized spacial score (nSPS) is 18.5. The van der Waals surface area contributed by atoms with E-state index in [1.165, 1.54) is 30.4 Å². The molecule has 0 bridgehead atoms. The Bertz CT molecular complexity index is 983. The Morgan fingerprint density at radius 3 is 2.58 bits per heavy atom. The minimum Gasteiger partial charge on any atom is -0.368 e. The number of hydrogen-bond donors (Lipinski definition) is 1. The number of anilines is 2. The molecule has 2 aliphatic heterocycles. The lowest BCUT2D eigenvalue weighted by molar-refractivity contribution is -0.116. The van der Waals surface area contributed by atoms with Crippen LogP contribution >= 0.6 is 23.2 Å². The fourth-order valence-electron chi connectivity index (χ4n) is 5.00. The molecule has 1 fully saturated rings. The quantitative estimate of drug-likeness (QED) is 0.450. The summed E-state index contributed by atoms with van der Waals surface area (Å²) in [4.78, 5) is 17.0. The number of hydrogen-bond acceptors (Lipinski definition) is 3. The van der Waals surface area contributed by atoms with Crippen molar-refractivity contribution in [1.29, 1.82) is 0 Å². The number of aryl methyl sites for hydroxylation is 1. The van der Waals surface area contributed by atoms with Gasteiger partial charge in [-0.2, -0.15) is 0 Å². The van der Waals surface area contributed by atoms with Crippen LogP contribution in [0.5, 0.6) is 0 Å². The zero-order valence-corrected chi connectivity index (χ0v) is 21.3. The van der Waals surface area contributed by atoms with E-state index in [9.17, 15) is 4.79 Å². The van der Waals surface area contributed by atoms with Crippen LogP contribution in [0, 0.1) is 0 Å². The molecule has 2 aromatic rings. The lowest BCUT2D eigenvalue weighted by Crippen LogP contribution is -2.46. The van der Waals surface area contributed by atoms with Crippen LogP contribution in [0.4, 0.5) is 11.4 Å². The molecule has 1 saturated heterocycles. The first-order chi connectivity index (χ1) is 15.8. The zero-order valence-electron chi connectivity index (χ0n) is 19.8. The number of benzene rings is 2. The fraction of sp³-hybridized carbons (Fsp3) is 0.519. The van der Waals surface area contributed by atoms with Crippen LogP contribution in [-0.2, 0) is 16.6 Å². The highest BCUT2D eigenvalue weighted by Crippen LogP contribution is 2.37. The molecule has 6 heteroatoms. The average Bonchev–Trinajstić information content (AvgIpc) is 2.91. The van der Waals surface area contributed by atoms with E-state index in [1.807, 2.05) is 12.1 Å². The van der Waals surface area contributed by atoms with Gasteiger partial charge in [0.1, 0.15) is 0 Å². The summed E-state index contributed by atoms with van der Waals surface area (Å²) in [5, 5.41) is 4.40. The van der Waals surface area contributed by atoms with Gasteiger partial charge in [-0.15, -0.1) is 0 Å². The molecule has 0 aromatic heterocycles. The van der Waals surface area contributed by atoms with Crippen LogP contribution in [0.1, 0.15) is 57.1 Å². The van der Waals surface area contributed by atoms with Crippen molar-refractivity contribution >= 4 is 40.5 Å². The van der Waals surface area contributed by atoms with Gasteiger partial charge in [-0.25, -0.2) is 0 Å². The first kappa shape index (κ1) is 24.4. The van der Waals surface area contributed by atoms with E-state index in [-0.39, 0.29) is 11.3 Å². The molecule has 2 heterocycles. The number of rotatable bonds is 7. The maximum Gasteiger partial charge on any atom is 0.224 e. The van der Waals surface area contributed by atoms with Gasteiger partial charge in [-0.1, -0.05) is 61.7 Å². The number of amides is 1. The van der Waals surface area contributed by atoms with E-state index in [4.69, 9.17) is 23.2 Å². The van der Waals surface area contributed by atoms with E-state index < -0.39 is 0 Å². The number of unbranched alkanes of at least 4 members (excludes halogenated alkanes) is 2.